The second kappa shape index (κ2) is 7.02. The molecule has 1 aromatic heterocycles. The van der Waals surface area contributed by atoms with Gasteiger partial charge < -0.3 is 0 Å². The first-order valence-corrected chi connectivity index (χ1v) is 7.11. The number of unbranched alkanes of at least 4 members (excludes halogenated alkanes) is 3. The third-order valence-corrected chi connectivity index (χ3v) is 3.46. The molecular weight excluding hydrogens is 238 g/mol. The van der Waals surface area contributed by atoms with E-state index in [0.717, 1.165) is 24.9 Å². The van der Waals surface area contributed by atoms with Crippen LogP contribution in [0.2, 0.25) is 0 Å². The van der Waals surface area contributed by atoms with Gasteiger partial charge in [0.15, 0.2) is 6.54 Å². The molecule has 4 nitrogen and oxygen atoms in total. The summed E-state index contributed by atoms with van der Waals surface area (Å²) in [6.45, 7) is 2.97. The van der Waals surface area contributed by atoms with Gasteiger partial charge in [-0.2, -0.15) is 0 Å². The van der Waals surface area contributed by atoms with E-state index in [1.165, 1.54) is 19.3 Å². The van der Waals surface area contributed by atoms with Crippen molar-refractivity contribution < 1.29 is 9.48 Å². The van der Waals surface area contributed by atoms with Crippen molar-refractivity contribution >= 4 is 12.1 Å². The van der Waals surface area contributed by atoms with Crippen LogP contribution < -0.4 is 5.43 Å². The largest absolute Gasteiger partial charge is 0.283 e. The topological polar surface area (TPSA) is 45.0 Å². The Morgan fingerprint density at radius 2 is 2.16 bits per heavy atom. The molecule has 1 atom stereocenters. The number of nitrogens with one attached hydrogen (secondary N) is 1. The highest BCUT2D eigenvalue weighted by Crippen LogP contribution is 2.15. The molecule has 1 aliphatic rings. The average molecular weight is 260 g/mol. The van der Waals surface area contributed by atoms with E-state index in [9.17, 15) is 4.79 Å². The molecule has 0 radical (unpaired) electrons. The van der Waals surface area contributed by atoms with E-state index < -0.39 is 0 Å². The van der Waals surface area contributed by atoms with Crippen molar-refractivity contribution in [3.63, 3.8) is 0 Å². The number of hydrogen-bond donors (Lipinski definition) is 1. The molecule has 4 heteroatoms. The number of hydrazone groups is 1. The SMILES string of the molecule is CCCCCC[C@H]1C/[N+](=C/c2ccncc2)NC1=O. The number of amides is 1. The predicted molar refractivity (Wildman–Crippen MR) is 74.9 cm³/mol. The Morgan fingerprint density at radius 3 is 2.89 bits per heavy atom. The number of hydrogen-bond acceptors (Lipinski definition) is 2. The molecule has 0 aliphatic carbocycles. The van der Waals surface area contributed by atoms with Crippen molar-refractivity contribution in [1.29, 1.82) is 0 Å². The minimum absolute atomic E-state index is 0.134. The van der Waals surface area contributed by atoms with E-state index in [1.807, 2.05) is 23.0 Å². The van der Waals surface area contributed by atoms with Gasteiger partial charge in [-0.1, -0.05) is 32.6 Å². The van der Waals surface area contributed by atoms with Gasteiger partial charge >= 0.3 is 0 Å². The summed E-state index contributed by atoms with van der Waals surface area (Å²) in [6.07, 6.45) is 11.3. The molecule has 1 aromatic rings. The van der Waals surface area contributed by atoms with Gasteiger partial charge in [0.05, 0.1) is 0 Å². The van der Waals surface area contributed by atoms with Crippen molar-refractivity contribution in [2.45, 2.75) is 39.0 Å². The summed E-state index contributed by atoms with van der Waals surface area (Å²) in [4.78, 5) is 15.8. The fraction of sp³-hybridized carbons (Fsp3) is 0.533. The normalized spacial score (nSPS) is 20.8. The van der Waals surface area contributed by atoms with Crippen LogP contribution in [0.15, 0.2) is 24.5 Å². The molecule has 102 valence electrons. The summed E-state index contributed by atoms with van der Waals surface area (Å²) in [7, 11) is 0. The summed E-state index contributed by atoms with van der Waals surface area (Å²) in [6, 6.07) is 3.86. The number of pyridine rings is 1. The Labute approximate surface area is 114 Å². The fourth-order valence-corrected chi connectivity index (χ4v) is 2.35. The Hall–Kier alpha value is -1.71. The third kappa shape index (κ3) is 4.16. The zero-order valence-electron chi connectivity index (χ0n) is 11.5. The van der Waals surface area contributed by atoms with E-state index in [4.69, 9.17) is 0 Å². The summed E-state index contributed by atoms with van der Waals surface area (Å²) in [5.41, 5.74) is 3.97. The molecule has 0 saturated carbocycles. The molecule has 1 aliphatic heterocycles. The maximum atomic E-state index is 11.9. The Bertz CT molecular complexity index is 442. The Kier molecular flexibility index (Phi) is 5.07. The second-order valence-electron chi connectivity index (χ2n) is 5.08. The monoisotopic (exact) mass is 260 g/mol. The second-order valence-corrected chi connectivity index (χ2v) is 5.08. The lowest BCUT2D eigenvalue weighted by molar-refractivity contribution is -0.556. The van der Waals surface area contributed by atoms with Gasteiger partial charge in [-0.05, 0) is 18.6 Å². The molecule has 0 bridgehead atoms. The summed E-state index contributed by atoms with van der Waals surface area (Å²) in [5, 5.41) is 0. The molecule has 0 aromatic carbocycles. The van der Waals surface area contributed by atoms with E-state index >= 15 is 0 Å². The minimum Gasteiger partial charge on any atom is -0.269 e. The number of hydrazine groups is 1. The van der Waals surface area contributed by atoms with Crippen LogP contribution in [0.1, 0.15) is 44.6 Å². The van der Waals surface area contributed by atoms with Crippen molar-refractivity contribution in [1.82, 2.24) is 10.4 Å². The smallest absolute Gasteiger partial charge is 0.269 e. The van der Waals surface area contributed by atoms with Crippen LogP contribution in [0.5, 0.6) is 0 Å². The van der Waals surface area contributed by atoms with E-state index in [-0.39, 0.29) is 11.8 Å². The molecule has 0 spiro atoms. The van der Waals surface area contributed by atoms with Gasteiger partial charge in [0, 0.05) is 18.0 Å². The highest BCUT2D eigenvalue weighted by molar-refractivity contribution is 5.81. The van der Waals surface area contributed by atoms with Crippen molar-refractivity contribution in [2.75, 3.05) is 6.54 Å². The lowest BCUT2D eigenvalue weighted by Crippen LogP contribution is -2.25. The van der Waals surface area contributed by atoms with Crippen molar-refractivity contribution in [3.05, 3.63) is 30.1 Å². The molecule has 1 amide bonds. The number of nitrogens with zero attached hydrogens (tertiary/aromatic N) is 2. The Morgan fingerprint density at radius 1 is 1.37 bits per heavy atom. The molecule has 2 heterocycles. The van der Waals surface area contributed by atoms with Crippen molar-refractivity contribution in [2.24, 2.45) is 5.92 Å². The van der Waals surface area contributed by atoms with E-state index in [0.29, 0.717) is 0 Å². The number of carbonyl (C=O) groups is 1. The van der Waals surface area contributed by atoms with Gasteiger partial charge in [0.1, 0.15) is 5.92 Å². The predicted octanol–water partition coefficient (Wildman–Crippen LogP) is 2.14. The minimum atomic E-state index is 0.134. The van der Waals surface area contributed by atoms with Crippen LogP contribution >= 0.6 is 0 Å². The molecule has 1 fully saturated rings. The van der Waals surface area contributed by atoms with Crippen LogP contribution in [-0.4, -0.2) is 28.3 Å². The standard InChI is InChI=1S/C15H21N3O/c1-2-3-4-5-6-14-12-18(17-15(14)19)11-13-7-9-16-10-8-13/h7-11,14H,2-6,12H2,1H3/p+1/t14-/m0/s1. The lowest BCUT2D eigenvalue weighted by atomic mass is 10.0. The fourth-order valence-electron chi connectivity index (χ4n) is 2.35. The summed E-state index contributed by atoms with van der Waals surface area (Å²) >= 11 is 0. The van der Waals surface area contributed by atoms with Gasteiger partial charge in [-0.3, -0.25) is 9.78 Å². The van der Waals surface area contributed by atoms with E-state index in [1.54, 1.807) is 12.4 Å². The third-order valence-electron chi connectivity index (χ3n) is 3.46. The Balaban J connectivity index is 1.87. The summed E-state index contributed by atoms with van der Waals surface area (Å²) in [5.74, 6) is 0.289. The first kappa shape index (κ1) is 13.7. The van der Waals surface area contributed by atoms with Crippen LogP contribution in [0.4, 0.5) is 0 Å². The number of rotatable bonds is 6. The molecule has 2 rings (SSSR count). The van der Waals surface area contributed by atoms with Crippen LogP contribution in [0, 0.1) is 5.92 Å². The van der Waals surface area contributed by atoms with Gasteiger partial charge in [-0.25, -0.2) is 0 Å². The molecule has 19 heavy (non-hydrogen) atoms. The lowest BCUT2D eigenvalue weighted by Gasteiger charge is -2.01. The highest BCUT2D eigenvalue weighted by atomic mass is 16.2. The average Bonchev–Trinajstić information content (AvgIpc) is 2.76. The molecular formula is C15H22N3O+. The molecule has 0 unspecified atom stereocenters. The highest BCUT2D eigenvalue weighted by Gasteiger charge is 2.33. The molecule has 1 N–H and O–H groups in total. The van der Waals surface area contributed by atoms with Crippen molar-refractivity contribution in [3.8, 4) is 0 Å². The van der Waals surface area contributed by atoms with E-state index in [2.05, 4.69) is 17.3 Å². The maximum absolute atomic E-state index is 11.9. The molecule has 1 saturated heterocycles. The quantitative estimate of drug-likeness (QED) is 0.629. The first-order chi connectivity index (χ1) is 9.29. The van der Waals surface area contributed by atoms with Crippen LogP contribution in [0.3, 0.4) is 0 Å². The first-order valence-electron chi connectivity index (χ1n) is 7.11. The van der Waals surface area contributed by atoms with Gasteiger partial charge in [0.25, 0.3) is 5.91 Å². The zero-order chi connectivity index (χ0) is 13.5. The number of carbonyl (C=O) groups excluding carboxylic acids is 1. The summed E-state index contributed by atoms with van der Waals surface area (Å²) < 4.78 is 1.89. The maximum Gasteiger partial charge on any atom is 0.283 e. The zero-order valence-corrected chi connectivity index (χ0v) is 11.5. The van der Waals surface area contributed by atoms with Gasteiger partial charge in [0.2, 0.25) is 6.21 Å². The van der Waals surface area contributed by atoms with Crippen LogP contribution in [-0.2, 0) is 4.79 Å². The number of aromatic nitrogens is 1. The van der Waals surface area contributed by atoms with Gasteiger partial charge in [-0.15, -0.1) is 10.1 Å². The van der Waals surface area contributed by atoms with Crippen LogP contribution in [0.25, 0.3) is 0 Å².